The summed E-state index contributed by atoms with van der Waals surface area (Å²) in [6.07, 6.45) is 1.87. The highest BCUT2D eigenvalue weighted by molar-refractivity contribution is 5.58. The lowest BCUT2D eigenvalue weighted by atomic mass is 10.1. The van der Waals surface area contributed by atoms with E-state index in [1.54, 1.807) is 0 Å². The third-order valence-electron chi connectivity index (χ3n) is 2.83. The van der Waals surface area contributed by atoms with Crippen molar-refractivity contribution in [2.45, 2.75) is 25.8 Å². The first-order valence-electron chi connectivity index (χ1n) is 6.23. The smallest absolute Gasteiger partial charge is 0.315 e. The third kappa shape index (κ3) is 3.59. The molecule has 20 heavy (non-hydrogen) atoms. The zero-order chi connectivity index (χ0) is 15.1. The molecule has 7 heteroatoms. The van der Waals surface area contributed by atoms with Crippen molar-refractivity contribution in [1.29, 1.82) is 5.26 Å². The van der Waals surface area contributed by atoms with Gasteiger partial charge in [0, 0.05) is 6.07 Å². The molecule has 0 spiro atoms. The van der Waals surface area contributed by atoms with E-state index in [0.29, 0.717) is 12.1 Å². The normalized spacial score (nSPS) is 11.7. The van der Waals surface area contributed by atoms with Gasteiger partial charge >= 0.3 is 5.69 Å². The number of benzene rings is 1. The minimum Gasteiger partial charge on any atom is -0.500 e. The summed E-state index contributed by atoms with van der Waals surface area (Å²) in [5, 5.41) is 32.7. The Hall–Kier alpha value is -2.33. The molecule has 1 unspecified atom stereocenters. The SMILES string of the molecule is CCCCNC(C#N)c1cc(OC)c(O)c([N+](=O)[O-])c1. The maximum absolute atomic E-state index is 10.9. The molecule has 2 N–H and O–H groups in total. The van der Waals surface area contributed by atoms with Gasteiger partial charge in [0.2, 0.25) is 5.75 Å². The molecule has 0 aliphatic heterocycles. The molecule has 0 radical (unpaired) electrons. The van der Waals surface area contributed by atoms with Crippen LogP contribution in [0.2, 0.25) is 0 Å². The van der Waals surface area contributed by atoms with Crippen LogP contribution < -0.4 is 10.1 Å². The summed E-state index contributed by atoms with van der Waals surface area (Å²) < 4.78 is 4.91. The van der Waals surface area contributed by atoms with Crippen molar-refractivity contribution in [3.8, 4) is 17.6 Å². The number of hydrogen-bond acceptors (Lipinski definition) is 6. The Bertz CT molecular complexity index is 525. The summed E-state index contributed by atoms with van der Waals surface area (Å²) in [5.74, 6) is -0.557. The number of ether oxygens (including phenoxy) is 1. The fourth-order valence-electron chi connectivity index (χ4n) is 1.74. The second-order valence-electron chi connectivity index (χ2n) is 4.22. The van der Waals surface area contributed by atoms with Gasteiger partial charge in [-0.05, 0) is 24.6 Å². The maximum Gasteiger partial charge on any atom is 0.315 e. The minimum absolute atomic E-state index is 0.0215. The van der Waals surface area contributed by atoms with Crippen LogP contribution in [-0.4, -0.2) is 23.7 Å². The van der Waals surface area contributed by atoms with Gasteiger partial charge in [-0.25, -0.2) is 0 Å². The van der Waals surface area contributed by atoms with Gasteiger partial charge in [0.15, 0.2) is 5.75 Å². The molecule has 1 atom stereocenters. The van der Waals surface area contributed by atoms with E-state index < -0.39 is 22.4 Å². The molecule has 0 heterocycles. The summed E-state index contributed by atoms with van der Waals surface area (Å²) in [7, 11) is 1.30. The van der Waals surface area contributed by atoms with Gasteiger partial charge in [0.25, 0.3) is 0 Å². The van der Waals surface area contributed by atoms with Crippen LogP contribution in [0.5, 0.6) is 11.5 Å². The predicted molar refractivity (Wildman–Crippen MR) is 72.6 cm³/mol. The van der Waals surface area contributed by atoms with Crippen LogP contribution >= 0.6 is 0 Å². The molecule has 0 saturated heterocycles. The summed E-state index contributed by atoms with van der Waals surface area (Å²) in [4.78, 5) is 10.2. The van der Waals surface area contributed by atoms with E-state index in [1.165, 1.54) is 19.2 Å². The van der Waals surface area contributed by atoms with Gasteiger partial charge in [-0.2, -0.15) is 5.26 Å². The van der Waals surface area contributed by atoms with Gasteiger partial charge in [-0.3, -0.25) is 15.4 Å². The highest BCUT2D eigenvalue weighted by atomic mass is 16.6. The molecule has 7 nitrogen and oxygen atoms in total. The summed E-state index contributed by atoms with van der Waals surface area (Å²) >= 11 is 0. The van der Waals surface area contributed by atoms with E-state index >= 15 is 0 Å². The van der Waals surface area contributed by atoms with Gasteiger partial charge < -0.3 is 9.84 Å². The maximum atomic E-state index is 10.9. The van der Waals surface area contributed by atoms with E-state index in [1.807, 2.05) is 13.0 Å². The molecule has 108 valence electrons. The quantitative estimate of drug-likeness (QED) is 0.450. The number of hydrogen-bond donors (Lipinski definition) is 2. The Morgan fingerprint density at radius 2 is 2.30 bits per heavy atom. The Morgan fingerprint density at radius 3 is 2.80 bits per heavy atom. The lowest BCUT2D eigenvalue weighted by molar-refractivity contribution is -0.386. The number of nitrogens with zero attached hydrogens (tertiary/aromatic N) is 2. The Morgan fingerprint density at radius 1 is 1.60 bits per heavy atom. The number of methoxy groups -OCH3 is 1. The number of nitro benzene ring substituents is 1. The lowest BCUT2D eigenvalue weighted by Crippen LogP contribution is -2.21. The standard InChI is InChI=1S/C13H17N3O4/c1-3-4-5-15-10(8-14)9-6-11(16(18)19)13(17)12(7-9)20-2/h6-7,10,15,17H,3-5H2,1-2H3. The van der Waals surface area contributed by atoms with E-state index in [9.17, 15) is 15.2 Å². The fourth-order valence-corrected chi connectivity index (χ4v) is 1.74. The summed E-state index contributed by atoms with van der Waals surface area (Å²) in [6.45, 7) is 2.66. The fraction of sp³-hybridized carbons (Fsp3) is 0.462. The van der Waals surface area contributed by atoms with E-state index in [2.05, 4.69) is 5.32 Å². The summed E-state index contributed by atoms with van der Waals surface area (Å²) in [6, 6.07) is 3.97. The average Bonchev–Trinajstić information content (AvgIpc) is 2.44. The zero-order valence-corrected chi connectivity index (χ0v) is 11.4. The second-order valence-corrected chi connectivity index (χ2v) is 4.22. The molecular formula is C13H17N3O4. The number of phenols is 1. The molecule has 0 bridgehead atoms. The van der Waals surface area contributed by atoms with Crippen LogP contribution in [-0.2, 0) is 0 Å². The monoisotopic (exact) mass is 279 g/mol. The Kier molecular flexibility index (Phi) is 5.74. The molecule has 0 saturated carbocycles. The van der Waals surface area contributed by atoms with E-state index in [4.69, 9.17) is 10.00 Å². The van der Waals surface area contributed by atoms with Crippen molar-refractivity contribution < 1.29 is 14.8 Å². The Balaban J connectivity index is 3.13. The molecule has 0 amide bonds. The lowest BCUT2D eigenvalue weighted by Gasteiger charge is -2.13. The van der Waals surface area contributed by atoms with Crippen LogP contribution in [0.25, 0.3) is 0 Å². The molecule has 1 rings (SSSR count). The summed E-state index contributed by atoms with van der Waals surface area (Å²) in [5.41, 5.74) is -0.0816. The first kappa shape index (κ1) is 15.7. The number of nitro groups is 1. The van der Waals surface area contributed by atoms with Crippen molar-refractivity contribution in [3.05, 3.63) is 27.8 Å². The number of rotatable bonds is 7. The minimum atomic E-state index is -0.707. The first-order chi connectivity index (χ1) is 9.54. The molecule has 1 aromatic rings. The van der Waals surface area contributed by atoms with Crippen LogP contribution in [0, 0.1) is 21.4 Å². The number of unbranched alkanes of at least 4 members (excludes halogenated alkanes) is 1. The van der Waals surface area contributed by atoms with Gasteiger partial charge in [-0.15, -0.1) is 0 Å². The van der Waals surface area contributed by atoms with Crippen LogP contribution in [0.15, 0.2) is 12.1 Å². The predicted octanol–water partition coefficient (Wildman–Crippen LogP) is 2.26. The second kappa shape index (κ2) is 7.31. The Labute approximate surface area is 116 Å². The van der Waals surface area contributed by atoms with E-state index in [-0.39, 0.29) is 5.75 Å². The average molecular weight is 279 g/mol. The topological polar surface area (TPSA) is 108 Å². The third-order valence-corrected chi connectivity index (χ3v) is 2.83. The van der Waals surface area contributed by atoms with Gasteiger partial charge in [-0.1, -0.05) is 13.3 Å². The zero-order valence-electron chi connectivity index (χ0n) is 11.4. The number of aromatic hydroxyl groups is 1. The highest BCUT2D eigenvalue weighted by Crippen LogP contribution is 2.38. The highest BCUT2D eigenvalue weighted by Gasteiger charge is 2.23. The molecule has 1 aromatic carbocycles. The molecule has 0 fully saturated rings. The van der Waals surface area contributed by atoms with Crippen molar-refractivity contribution in [2.75, 3.05) is 13.7 Å². The number of nitrogens with one attached hydrogen (secondary N) is 1. The van der Waals surface area contributed by atoms with Crippen LogP contribution in [0.1, 0.15) is 31.4 Å². The number of phenolic OH excluding ortho intramolecular Hbond substituents is 1. The molecular weight excluding hydrogens is 262 g/mol. The first-order valence-corrected chi connectivity index (χ1v) is 6.23. The molecule has 0 aromatic heterocycles. The van der Waals surface area contributed by atoms with Crippen molar-refractivity contribution in [1.82, 2.24) is 5.32 Å². The van der Waals surface area contributed by atoms with Gasteiger partial charge in [0.1, 0.15) is 6.04 Å². The molecule has 0 aliphatic carbocycles. The van der Waals surface area contributed by atoms with Crippen LogP contribution in [0.3, 0.4) is 0 Å². The number of nitriles is 1. The largest absolute Gasteiger partial charge is 0.500 e. The van der Waals surface area contributed by atoms with Gasteiger partial charge in [0.05, 0.1) is 18.1 Å². The van der Waals surface area contributed by atoms with Crippen molar-refractivity contribution >= 4 is 5.69 Å². The molecule has 0 aliphatic rings. The van der Waals surface area contributed by atoms with Crippen molar-refractivity contribution in [3.63, 3.8) is 0 Å². The van der Waals surface area contributed by atoms with E-state index in [0.717, 1.165) is 12.8 Å². The van der Waals surface area contributed by atoms with Crippen molar-refractivity contribution in [2.24, 2.45) is 0 Å². The van der Waals surface area contributed by atoms with Crippen LogP contribution in [0.4, 0.5) is 5.69 Å².